The molecule has 0 saturated carbocycles. The van der Waals surface area contributed by atoms with E-state index in [-0.39, 0.29) is 0 Å². The van der Waals surface area contributed by atoms with Gasteiger partial charge in [0.25, 0.3) is 0 Å². The molecule has 0 spiro atoms. The highest BCUT2D eigenvalue weighted by Crippen LogP contribution is 2.35. The molecule has 84 valence electrons. The van der Waals surface area contributed by atoms with Gasteiger partial charge in [0, 0.05) is 11.1 Å². The first-order valence-electron chi connectivity index (χ1n) is 4.69. The topological polar surface area (TPSA) is 36.7 Å². The Balaban J connectivity index is 2.32. The number of nitriles is 1. The summed E-state index contributed by atoms with van der Waals surface area (Å²) < 4.78 is 0.922. The number of hydrogen-bond donors (Lipinski definition) is 0. The third-order valence-corrected chi connectivity index (χ3v) is 4.41. The predicted molar refractivity (Wildman–Crippen MR) is 72.2 cm³/mol. The van der Waals surface area contributed by atoms with Crippen LogP contribution in [0.25, 0.3) is 0 Å². The van der Waals surface area contributed by atoms with Crippen LogP contribution >= 0.6 is 39.3 Å². The Hall–Kier alpha value is -1.02. The molecule has 0 radical (unpaired) electrons. The van der Waals surface area contributed by atoms with E-state index in [1.807, 2.05) is 18.2 Å². The van der Waals surface area contributed by atoms with Crippen LogP contribution in [0.4, 0.5) is 0 Å². The van der Waals surface area contributed by atoms with Crippen molar-refractivity contribution in [3.63, 3.8) is 0 Å². The summed E-state index contributed by atoms with van der Waals surface area (Å²) >= 11 is 11.0. The molecular weight excluding hydrogens is 320 g/mol. The fraction of sp³-hybridized carbons (Fsp3) is 0. The summed E-state index contributed by atoms with van der Waals surface area (Å²) in [4.78, 5) is 5.13. The van der Waals surface area contributed by atoms with Crippen LogP contribution in [-0.4, -0.2) is 4.98 Å². The van der Waals surface area contributed by atoms with E-state index < -0.39 is 0 Å². The molecule has 0 N–H and O–H groups in total. The van der Waals surface area contributed by atoms with Gasteiger partial charge >= 0.3 is 0 Å². The molecule has 1 aromatic carbocycles. The normalized spacial score (nSPS) is 9.94. The van der Waals surface area contributed by atoms with Crippen molar-refractivity contribution in [1.82, 2.24) is 4.98 Å². The van der Waals surface area contributed by atoms with Crippen molar-refractivity contribution in [2.45, 2.75) is 9.92 Å². The van der Waals surface area contributed by atoms with Gasteiger partial charge in [-0.2, -0.15) is 5.26 Å². The average Bonchev–Trinajstić information content (AvgIpc) is 2.34. The lowest BCUT2D eigenvalue weighted by Crippen LogP contribution is -1.83. The van der Waals surface area contributed by atoms with Gasteiger partial charge in [0.05, 0.1) is 21.1 Å². The van der Waals surface area contributed by atoms with Gasteiger partial charge < -0.3 is 0 Å². The second-order valence-corrected chi connectivity index (χ2v) is 5.44. The fourth-order valence-corrected chi connectivity index (χ4v) is 2.78. The van der Waals surface area contributed by atoms with Crippen LogP contribution in [0.1, 0.15) is 5.56 Å². The van der Waals surface area contributed by atoms with Crippen molar-refractivity contribution >= 4 is 39.3 Å². The van der Waals surface area contributed by atoms with Crippen molar-refractivity contribution in [3.8, 4) is 6.07 Å². The first kappa shape index (κ1) is 12.4. The van der Waals surface area contributed by atoms with Gasteiger partial charge in [-0.1, -0.05) is 23.4 Å². The van der Waals surface area contributed by atoms with Crippen molar-refractivity contribution in [2.24, 2.45) is 0 Å². The van der Waals surface area contributed by atoms with Gasteiger partial charge in [-0.15, -0.1) is 0 Å². The fourth-order valence-electron chi connectivity index (χ4n) is 1.20. The molecule has 2 rings (SSSR count). The Labute approximate surface area is 117 Å². The SMILES string of the molecule is N#Cc1ccc(Sc2ncccc2Br)c(Cl)c1. The van der Waals surface area contributed by atoms with Crippen LogP contribution in [0.3, 0.4) is 0 Å². The molecule has 5 heteroatoms. The number of aromatic nitrogens is 1. The van der Waals surface area contributed by atoms with Crippen molar-refractivity contribution in [1.29, 1.82) is 5.26 Å². The van der Waals surface area contributed by atoms with Gasteiger partial charge in [0.1, 0.15) is 5.03 Å². The zero-order chi connectivity index (χ0) is 12.3. The molecule has 0 atom stereocenters. The largest absolute Gasteiger partial charge is 0.248 e. The van der Waals surface area contributed by atoms with E-state index in [2.05, 4.69) is 27.0 Å². The van der Waals surface area contributed by atoms with Gasteiger partial charge in [-0.25, -0.2) is 4.98 Å². The van der Waals surface area contributed by atoms with E-state index >= 15 is 0 Å². The second-order valence-electron chi connectivity index (χ2n) is 3.15. The molecule has 1 heterocycles. The molecule has 2 nitrogen and oxygen atoms in total. The third-order valence-electron chi connectivity index (χ3n) is 1.99. The molecule has 0 unspecified atom stereocenters. The van der Waals surface area contributed by atoms with Gasteiger partial charge in [0.15, 0.2) is 0 Å². The summed E-state index contributed by atoms with van der Waals surface area (Å²) in [6, 6.07) is 11.1. The van der Waals surface area contributed by atoms with E-state index in [1.54, 1.807) is 18.3 Å². The molecular formula is C12H6BrClN2S. The highest BCUT2D eigenvalue weighted by atomic mass is 79.9. The molecule has 17 heavy (non-hydrogen) atoms. The molecule has 0 fully saturated rings. The Morgan fingerprint density at radius 1 is 1.35 bits per heavy atom. The number of halogens is 2. The minimum atomic E-state index is 0.555. The van der Waals surface area contributed by atoms with Crippen molar-refractivity contribution < 1.29 is 0 Å². The van der Waals surface area contributed by atoms with Crippen LogP contribution in [0.2, 0.25) is 5.02 Å². The standard InChI is InChI=1S/C12H6BrClN2S/c13-9-2-1-5-16-12(9)17-11-4-3-8(7-15)6-10(11)14/h1-6H. The van der Waals surface area contributed by atoms with E-state index in [9.17, 15) is 0 Å². The van der Waals surface area contributed by atoms with Crippen molar-refractivity contribution in [2.75, 3.05) is 0 Å². The molecule has 0 amide bonds. The molecule has 0 aliphatic carbocycles. The molecule has 0 bridgehead atoms. The number of nitrogens with zero attached hydrogens (tertiary/aromatic N) is 2. The smallest absolute Gasteiger partial charge is 0.115 e. The zero-order valence-electron chi connectivity index (χ0n) is 8.52. The van der Waals surface area contributed by atoms with E-state index in [0.717, 1.165) is 14.4 Å². The summed E-state index contributed by atoms with van der Waals surface area (Å²) in [5.74, 6) is 0. The summed E-state index contributed by atoms with van der Waals surface area (Å²) in [5.41, 5.74) is 0.555. The van der Waals surface area contributed by atoms with Crippen LogP contribution in [0, 0.1) is 11.3 Å². The minimum absolute atomic E-state index is 0.555. The highest BCUT2D eigenvalue weighted by Gasteiger charge is 2.07. The van der Waals surface area contributed by atoms with E-state index in [4.69, 9.17) is 16.9 Å². The maximum Gasteiger partial charge on any atom is 0.115 e. The number of pyridine rings is 1. The monoisotopic (exact) mass is 324 g/mol. The number of benzene rings is 1. The van der Waals surface area contributed by atoms with E-state index in [0.29, 0.717) is 10.6 Å². The Bertz CT molecular complexity index is 595. The molecule has 0 aliphatic rings. The van der Waals surface area contributed by atoms with E-state index in [1.165, 1.54) is 11.8 Å². The first-order valence-corrected chi connectivity index (χ1v) is 6.67. The van der Waals surface area contributed by atoms with Gasteiger partial charge in [-0.3, -0.25) is 0 Å². The Morgan fingerprint density at radius 3 is 2.82 bits per heavy atom. The third kappa shape index (κ3) is 3.01. The lowest BCUT2D eigenvalue weighted by molar-refractivity contribution is 1.11. The number of rotatable bonds is 2. The Morgan fingerprint density at radius 2 is 2.18 bits per heavy atom. The molecule has 0 aliphatic heterocycles. The number of hydrogen-bond acceptors (Lipinski definition) is 3. The highest BCUT2D eigenvalue weighted by molar-refractivity contribution is 9.10. The maximum absolute atomic E-state index is 8.75. The van der Waals surface area contributed by atoms with Gasteiger partial charge in [0.2, 0.25) is 0 Å². The lowest BCUT2D eigenvalue weighted by Gasteiger charge is -2.05. The van der Waals surface area contributed by atoms with Crippen LogP contribution in [0.15, 0.2) is 50.9 Å². The summed E-state index contributed by atoms with van der Waals surface area (Å²) in [6.45, 7) is 0. The molecule has 0 saturated heterocycles. The van der Waals surface area contributed by atoms with Crippen LogP contribution < -0.4 is 0 Å². The van der Waals surface area contributed by atoms with Crippen LogP contribution in [-0.2, 0) is 0 Å². The summed E-state index contributed by atoms with van der Waals surface area (Å²) in [6.07, 6.45) is 1.73. The average molecular weight is 326 g/mol. The van der Waals surface area contributed by atoms with Gasteiger partial charge in [-0.05, 0) is 46.3 Å². The van der Waals surface area contributed by atoms with Crippen molar-refractivity contribution in [3.05, 3.63) is 51.6 Å². The second kappa shape index (κ2) is 5.54. The maximum atomic E-state index is 8.75. The van der Waals surface area contributed by atoms with Crippen LogP contribution in [0.5, 0.6) is 0 Å². The quantitative estimate of drug-likeness (QED) is 0.814. The lowest BCUT2D eigenvalue weighted by atomic mass is 10.2. The first-order chi connectivity index (χ1) is 8.20. The minimum Gasteiger partial charge on any atom is -0.248 e. The predicted octanol–water partition coefficient (Wildman–Crippen LogP) is 4.52. The molecule has 2 aromatic rings. The Kier molecular flexibility index (Phi) is 4.06. The molecule has 1 aromatic heterocycles. The zero-order valence-corrected chi connectivity index (χ0v) is 11.7. The summed E-state index contributed by atoms with van der Waals surface area (Å²) in [7, 11) is 0. The summed E-state index contributed by atoms with van der Waals surface area (Å²) in [5, 5.41) is 10.2.